The van der Waals surface area contributed by atoms with E-state index in [1.807, 2.05) is 23.8 Å². The van der Waals surface area contributed by atoms with Gasteiger partial charge in [-0.2, -0.15) is 0 Å². The Hall–Kier alpha value is -1.86. The van der Waals surface area contributed by atoms with E-state index in [0.717, 1.165) is 27.5 Å². The summed E-state index contributed by atoms with van der Waals surface area (Å²) in [6, 6.07) is 6.85. The zero-order valence-electron chi connectivity index (χ0n) is 12.4. The molecule has 2 aromatic heterocycles. The highest BCUT2D eigenvalue weighted by Gasteiger charge is 2.13. The maximum Gasteiger partial charge on any atom is 0.175 e. The number of imidazole rings is 1. The molecule has 0 bridgehead atoms. The molecule has 114 valence electrons. The molecule has 0 saturated carbocycles. The van der Waals surface area contributed by atoms with E-state index in [-0.39, 0.29) is 0 Å². The molecule has 0 saturated heterocycles. The van der Waals surface area contributed by atoms with Crippen molar-refractivity contribution in [3.63, 3.8) is 0 Å². The van der Waals surface area contributed by atoms with Gasteiger partial charge >= 0.3 is 0 Å². The number of benzene rings is 1. The van der Waals surface area contributed by atoms with Crippen LogP contribution in [-0.4, -0.2) is 35.3 Å². The van der Waals surface area contributed by atoms with Crippen molar-refractivity contribution in [2.45, 2.75) is 17.0 Å². The van der Waals surface area contributed by atoms with Gasteiger partial charge in [-0.3, -0.25) is 4.40 Å². The van der Waals surface area contributed by atoms with Gasteiger partial charge in [-0.05, 0) is 30.9 Å². The summed E-state index contributed by atoms with van der Waals surface area (Å²) in [5.41, 5.74) is 3.76. The van der Waals surface area contributed by atoms with Crippen LogP contribution >= 0.6 is 11.8 Å². The Labute approximate surface area is 133 Å². The third-order valence-corrected chi connectivity index (χ3v) is 5.29. The number of hydrogen-bond acceptors (Lipinski definition) is 5. The normalized spacial score (nSPS) is 12.0. The van der Waals surface area contributed by atoms with Crippen LogP contribution in [-0.2, 0) is 9.84 Å². The van der Waals surface area contributed by atoms with Crippen LogP contribution in [0.4, 0.5) is 0 Å². The second-order valence-electron chi connectivity index (χ2n) is 5.00. The number of thioether (sulfide) groups is 1. The van der Waals surface area contributed by atoms with Crippen LogP contribution in [0.3, 0.4) is 0 Å². The number of aryl methyl sites for hydroxylation is 1. The highest BCUT2D eigenvalue weighted by Crippen LogP contribution is 2.29. The minimum Gasteiger partial charge on any atom is -0.277 e. The first-order valence-electron chi connectivity index (χ1n) is 6.59. The van der Waals surface area contributed by atoms with Crippen molar-refractivity contribution < 1.29 is 8.42 Å². The van der Waals surface area contributed by atoms with E-state index in [9.17, 15) is 8.42 Å². The van der Waals surface area contributed by atoms with Gasteiger partial charge in [0.25, 0.3) is 0 Å². The Morgan fingerprint density at radius 2 is 1.82 bits per heavy atom. The summed E-state index contributed by atoms with van der Waals surface area (Å²) in [6.07, 6.45) is 6.75. The van der Waals surface area contributed by atoms with Gasteiger partial charge in [0, 0.05) is 18.0 Å². The Morgan fingerprint density at radius 3 is 2.41 bits per heavy atom. The fourth-order valence-electron chi connectivity index (χ4n) is 2.39. The molecule has 0 unspecified atom stereocenters. The Morgan fingerprint density at radius 1 is 1.14 bits per heavy atom. The lowest BCUT2D eigenvalue weighted by molar-refractivity contribution is 0.602. The molecular formula is C15H15N3O2S2. The molecule has 0 aliphatic carbocycles. The quantitative estimate of drug-likeness (QED) is 0.545. The number of sulfone groups is 1. The van der Waals surface area contributed by atoms with E-state index < -0.39 is 9.84 Å². The van der Waals surface area contributed by atoms with Crippen LogP contribution in [0.25, 0.3) is 16.6 Å². The third kappa shape index (κ3) is 2.50. The number of aromatic nitrogens is 3. The van der Waals surface area contributed by atoms with Gasteiger partial charge in [0.15, 0.2) is 15.0 Å². The molecule has 3 rings (SSSR count). The van der Waals surface area contributed by atoms with Crippen molar-refractivity contribution in [1.82, 2.24) is 14.4 Å². The smallest absolute Gasteiger partial charge is 0.175 e. The number of nitrogens with zero attached hydrogens (tertiary/aromatic N) is 3. The molecular weight excluding hydrogens is 318 g/mol. The van der Waals surface area contributed by atoms with E-state index >= 15 is 0 Å². The molecule has 0 aliphatic heterocycles. The Bertz CT molecular complexity index is 945. The minimum atomic E-state index is -3.19. The van der Waals surface area contributed by atoms with Crippen LogP contribution in [0.5, 0.6) is 0 Å². The van der Waals surface area contributed by atoms with Crippen molar-refractivity contribution in [3.8, 4) is 11.1 Å². The molecule has 0 spiro atoms. The molecule has 0 radical (unpaired) electrons. The van der Waals surface area contributed by atoms with Gasteiger partial charge < -0.3 is 0 Å². The predicted molar refractivity (Wildman–Crippen MR) is 88.1 cm³/mol. The molecule has 0 aliphatic rings. The van der Waals surface area contributed by atoms with Crippen LogP contribution < -0.4 is 0 Å². The van der Waals surface area contributed by atoms with Gasteiger partial charge in [0.1, 0.15) is 6.33 Å². The summed E-state index contributed by atoms with van der Waals surface area (Å²) in [4.78, 5) is 9.13. The van der Waals surface area contributed by atoms with Crippen molar-refractivity contribution in [2.75, 3.05) is 12.5 Å². The first-order valence-corrected chi connectivity index (χ1v) is 9.70. The lowest BCUT2D eigenvalue weighted by Crippen LogP contribution is -1.98. The SMILES string of the molecule is CSc1ncc(-c2ccc(S(C)(=O)=O)cc2)c2c(C)ncn12. The number of hydrogen-bond donors (Lipinski definition) is 0. The lowest BCUT2D eigenvalue weighted by Gasteiger charge is -2.09. The van der Waals surface area contributed by atoms with Gasteiger partial charge in [-0.15, -0.1) is 0 Å². The highest BCUT2D eigenvalue weighted by molar-refractivity contribution is 7.98. The van der Waals surface area contributed by atoms with E-state index in [4.69, 9.17) is 0 Å². The fraction of sp³-hybridized carbons (Fsp3) is 0.200. The van der Waals surface area contributed by atoms with E-state index in [1.54, 1.807) is 42.4 Å². The predicted octanol–water partition coefficient (Wildman–Crippen LogP) is 2.83. The maximum atomic E-state index is 11.6. The molecule has 5 nitrogen and oxygen atoms in total. The standard InChI is InChI=1S/C15H15N3O2S2/c1-10-14-13(8-16-15(21-2)18(14)9-17-10)11-4-6-12(7-5-11)22(3,19)20/h4-9H,1-3H3. The summed E-state index contributed by atoms with van der Waals surface area (Å²) in [7, 11) is -3.19. The van der Waals surface area contributed by atoms with Crippen molar-refractivity contribution in [3.05, 3.63) is 42.5 Å². The molecule has 7 heteroatoms. The molecule has 0 fully saturated rings. The zero-order valence-corrected chi connectivity index (χ0v) is 14.1. The molecule has 2 heterocycles. The second-order valence-corrected chi connectivity index (χ2v) is 7.79. The average Bonchev–Trinajstić information content (AvgIpc) is 2.88. The van der Waals surface area contributed by atoms with Crippen molar-refractivity contribution in [2.24, 2.45) is 0 Å². The van der Waals surface area contributed by atoms with Gasteiger partial charge in [0.2, 0.25) is 0 Å². The van der Waals surface area contributed by atoms with E-state index in [0.29, 0.717) is 4.90 Å². The molecule has 0 atom stereocenters. The first-order chi connectivity index (χ1) is 10.4. The topological polar surface area (TPSA) is 64.3 Å². The number of fused-ring (bicyclic) bond motifs is 1. The van der Waals surface area contributed by atoms with Crippen LogP contribution in [0, 0.1) is 6.92 Å². The number of rotatable bonds is 3. The van der Waals surface area contributed by atoms with Crippen molar-refractivity contribution in [1.29, 1.82) is 0 Å². The Balaban J connectivity index is 2.21. The minimum absolute atomic E-state index is 0.311. The second kappa shape index (κ2) is 5.40. The van der Waals surface area contributed by atoms with Crippen LogP contribution in [0.2, 0.25) is 0 Å². The lowest BCUT2D eigenvalue weighted by atomic mass is 10.1. The zero-order chi connectivity index (χ0) is 15.9. The third-order valence-electron chi connectivity index (χ3n) is 3.49. The summed E-state index contributed by atoms with van der Waals surface area (Å²) in [5, 5.41) is 0.868. The van der Waals surface area contributed by atoms with Crippen LogP contribution in [0.15, 0.2) is 46.8 Å². The maximum absolute atomic E-state index is 11.6. The van der Waals surface area contributed by atoms with E-state index in [2.05, 4.69) is 9.97 Å². The van der Waals surface area contributed by atoms with Gasteiger partial charge in [-0.25, -0.2) is 18.4 Å². The van der Waals surface area contributed by atoms with E-state index in [1.165, 1.54) is 6.26 Å². The highest BCUT2D eigenvalue weighted by atomic mass is 32.2. The molecule has 22 heavy (non-hydrogen) atoms. The molecule has 0 N–H and O–H groups in total. The summed E-state index contributed by atoms with van der Waals surface area (Å²) < 4.78 is 25.1. The Kier molecular flexibility index (Phi) is 3.70. The summed E-state index contributed by atoms with van der Waals surface area (Å²) in [6.45, 7) is 1.95. The largest absolute Gasteiger partial charge is 0.277 e. The van der Waals surface area contributed by atoms with Gasteiger partial charge in [-0.1, -0.05) is 23.9 Å². The first kappa shape index (κ1) is 15.1. The summed E-state index contributed by atoms with van der Waals surface area (Å²) >= 11 is 1.55. The van der Waals surface area contributed by atoms with Crippen LogP contribution in [0.1, 0.15) is 5.69 Å². The molecule has 0 amide bonds. The molecule has 1 aromatic carbocycles. The monoisotopic (exact) mass is 333 g/mol. The van der Waals surface area contributed by atoms with Crippen molar-refractivity contribution >= 4 is 27.1 Å². The molecule has 3 aromatic rings. The summed E-state index contributed by atoms with van der Waals surface area (Å²) in [5.74, 6) is 0. The fourth-order valence-corrected chi connectivity index (χ4v) is 3.52. The van der Waals surface area contributed by atoms with Gasteiger partial charge in [0.05, 0.1) is 16.1 Å². The average molecular weight is 333 g/mol.